The molecule has 0 aliphatic rings. The van der Waals surface area contributed by atoms with Crippen molar-refractivity contribution in [2.24, 2.45) is 0 Å². The van der Waals surface area contributed by atoms with Crippen LogP contribution < -0.4 is 3.84 Å². The Hall–Kier alpha value is -0.651. The molecule has 0 atom stereocenters. The maximum absolute atomic E-state index is 4.91. The van der Waals surface area contributed by atoms with Gasteiger partial charge in [-0.05, 0) is 0 Å². The minimum atomic E-state index is -2.49. The van der Waals surface area contributed by atoms with Crippen LogP contribution in [-0.4, -0.2) is 38.3 Å². The van der Waals surface area contributed by atoms with Crippen molar-refractivity contribution in [2.45, 2.75) is 72.6 Å². The molecule has 0 amide bonds. The Morgan fingerprint density at radius 1 is 0.909 bits per heavy atom. The summed E-state index contributed by atoms with van der Waals surface area (Å²) in [6.07, 6.45) is 11.5. The summed E-state index contributed by atoms with van der Waals surface area (Å²) in [6, 6.07) is 0. The van der Waals surface area contributed by atoms with Crippen LogP contribution in [-0.2, 0) is 0 Å². The number of nitrogens with one attached hydrogen (secondary N) is 1. The van der Waals surface area contributed by atoms with Crippen molar-refractivity contribution in [1.82, 2.24) is 19.9 Å². The van der Waals surface area contributed by atoms with E-state index in [1.807, 2.05) is 6.20 Å². The predicted molar refractivity (Wildman–Crippen MR) is 96.2 cm³/mol. The second-order valence-electron chi connectivity index (χ2n) is 6.42. The zero-order chi connectivity index (χ0) is 15.8. The van der Waals surface area contributed by atoms with E-state index in [0.717, 1.165) is 11.2 Å². The Labute approximate surface area is 138 Å². The van der Waals surface area contributed by atoms with Crippen molar-refractivity contribution in [3.63, 3.8) is 0 Å². The summed E-state index contributed by atoms with van der Waals surface area (Å²) in [5.74, 6) is 0. The zero-order valence-electron chi connectivity index (χ0n) is 14.4. The molecule has 0 saturated heterocycles. The number of aromatic nitrogens is 4. The second kappa shape index (κ2) is 8.84. The number of nitrogens with zero attached hydrogens (tertiary/aromatic N) is 3. The fourth-order valence-corrected chi connectivity index (χ4v) is 18.1. The van der Waals surface area contributed by atoms with E-state index < -0.39 is 18.4 Å². The first kappa shape index (κ1) is 17.7. The third-order valence-corrected chi connectivity index (χ3v) is 19.3. The van der Waals surface area contributed by atoms with Crippen LogP contribution in [0, 0.1) is 0 Å². The number of H-pyrrole nitrogens is 1. The average molecular weight is 409 g/mol. The average Bonchev–Trinajstić information content (AvgIpc) is 3.02. The Morgan fingerprint density at radius 2 is 1.50 bits per heavy atom. The monoisotopic (exact) mass is 410 g/mol. The second-order valence-corrected chi connectivity index (χ2v) is 19.3. The van der Waals surface area contributed by atoms with Gasteiger partial charge in [-0.2, -0.15) is 0 Å². The van der Waals surface area contributed by atoms with Gasteiger partial charge in [0.15, 0.2) is 0 Å². The molecule has 4 nitrogen and oxygen atoms in total. The first-order chi connectivity index (χ1) is 10.8. The molecule has 0 aliphatic carbocycles. The van der Waals surface area contributed by atoms with E-state index in [4.69, 9.17) is 9.97 Å². The standard InChI is InChI=1S/C5H3N4.3C4H9.Sn/c1-4-5(8-2-6-1)9-3-7-4;3*1-3-4-2;/h1,3H,(H,6,7,8,9);3*1,3-4H2,2H3;. The van der Waals surface area contributed by atoms with Crippen LogP contribution >= 0.6 is 0 Å². The molecule has 2 heterocycles. The fourth-order valence-electron chi connectivity index (χ4n) is 3.25. The van der Waals surface area contributed by atoms with Crippen molar-refractivity contribution in [2.75, 3.05) is 0 Å². The van der Waals surface area contributed by atoms with E-state index in [0.29, 0.717) is 0 Å². The molecule has 22 heavy (non-hydrogen) atoms. The van der Waals surface area contributed by atoms with E-state index in [1.54, 1.807) is 6.33 Å². The van der Waals surface area contributed by atoms with Gasteiger partial charge in [0.05, 0.1) is 0 Å². The van der Waals surface area contributed by atoms with Crippen LogP contribution in [0.3, 0.4) is 0 Å². The van der Waals surface area contributed by atoms with Crippen molar-refractivity contribution in [3.8, 4) is 0 Å². The van der Waals surface area contributed by atoms with E-state index in [9.17, 15) is 0 Å². The number of hydrogen-bond donors (Lipinski definition) is 1. The van der Waals surface area contributed by atoms with E-state index >= 15 is 0 Å². The molecular weight excluding hydrogens is 379 g/mol. The molecule has 0 bridgehead atoms. The molecule has 0 aromatic carbocycles. The molecular formula is C17H30N4Sn. The summed E-state index contributed by atoms with van der Waals surface area (Å²) in [6.45, 7) is 6.90. The first-order valence-corrected chi connectivity index (χ1v) is 16.4. The Kier molecular flexibility index (Phi) is 7.12. The summed E-state index contributed by atoms with van der Waals surface area (Å²) in [4.78, 5) is 17.2. The molecule has 0 fully saturated rings. The Balaban J connectivity index is 2.36. The van der Waals surface area contributed by atoms with Crippen LogP contribution in [0.5, 0.6) is 0 Å². The van der Waals surface area contributed by atoms with Crippen LogP contribution in [0.4, 0.5) is 0 Å². The summed E-state index contributed by atoms with van der Waals surface area (Å²) >= 11 is -2.49. The molecule has 0 unspecified atom stereocenters. The van der Waals surface area contributed by atoms with Crippen molar-refractivity contribution >= 4 is 33.4 Å². The molecule has 5 heteroatoms. The van der Waals surface area contributed by atoms with Crippen LogP contribution in [0.1, 0.15) is 59.3 Å². The summed E-state index contributed by atoms with van der Waals surface area (Å²) in [5, 5.41) is 0. The third kappa shape index (κ3) is 4.21. The van der Waals surface area contributed by atoms with E-state index in [1.165, 1.54) is 55.7 Å². The van der Waals surface area contributed by atoms with Crippen LogP contribution in [0.25, 0.3) is 11.2 Å². The van der Waals surface area contributed by atoms with E-state index in [-0.39, 0.29) is 0 Å². The fraction of sp³-hybridized carbons (Fsp3) is 0.706. The number of hydrogen-bond acceptors (Lipinski definition) is 3. The summed E-state index contributed by atoms with van der Waals surface area (Å²) in [7, 11) is 0. The van der Waals surface area contributed by atoms with Gasteiger partial charge in [-0.1, -0.05) is 0 Å². The number of rotatable bonds is 10. The molecule has 2 aromatic heterocycles. The minimum absolute atomic E-state index is 0.857. The topological polar surface area (TPSA) is 54.5 Å². The SMILES string of the molecule is CCC[CH2][Sn]([CH2]CCC)([CH2]CCC)[c]1ncc2[nH]cnc2n1. The maximum atomic E-state index is 4.91. The quantitative estimate of drug-likeness (QED) is 0.592. The molecule has 122 valence electrons. The number of imidazole rings is 1. The molecule has 0 saturated carbocycles. The van der Waals surface area contributed by atoms with Gasteiger partial charge in [0.1, 0.15) is 0 Å². The Morgan fingerprint density at radius 3 is 2.05 bits per heavy atom. The summed E-state index contributed by atoms with van der Waals surface area (Å²) in [5.41, 5.74) is 1.82. The van der Waals surface area contributed by atoms with Gasteiger partial charge in [-0.15, -0.1) is 0 Å². The molecule has 0 aliphatic heterocycles. The van der Waals surface area contributed by atoms with Crippen LogP contribution in [0.2, 0.25) is 13.3 Å². The van der Waals surface area contributed by atoms with Crippen molar-refractivity contribution in [1.29, 1.82) is 0 Å². The number of aromatic amines is 1. The Bertz CT molecular complexity index is 545. The van der Waals surface area contributed by atoms with Gasteiger partial charge in [-0.25, -0.2) is 0 Å². The summed E-state index contributed by atoms with van der Waals surface area (Å²) < 4.78 is 5.44. The first-order valence-electron chi connectivity index (χ1n) is 8.92. The van der Waals surface area contributed by atoms with Gasteiger partial charge < -0.3 is 0 Å². The van der Waals surface area contributed by atoms with Gasteiger partial charge in [0.25, 0.3) is 0 Å². The molecule has 0 spiro atoms. The van der Waals surface area contributed by atoms with Gasteiger partial charge in [-0.3, -0.25) is 0 Å². The molecule has 2 rings (SSSR count). The van der Waals surface area contributed by atoms with Gasteiger partial charge in [0, 0.05) is 0 Å². The number of unbranched alkanes of at least 4 members (excludes halogenated alkanes) is 3. The molecule has 2 aromatic rings. The van der Waals surface area contributed by atoms with Crippen molar-refractivity contribution < 1.29 is 0 Å². The van der Waals surface area contributed by atoms with Crippen molar-refractivity contribution in [3.05, 3.63) is 12.5 Å². The van der Waals surface area contributed by atoms with Gasteiger partial charge in [0.2, 0.25) is 0 Å². The van der Waals surface area contributed by atoms with E-state index in [2.05, 4.69) is 30.7 Å². The third-order valence-electron chi connectivity index (χ3n) is 4.68. The number of fused-ring (bicyclic) bond motifs is 1. The molecule has 1 N–H and O–H groups in total. The van der Waals surface area contributed by atoms with Gasteiger partial charge >= 0.3 is 138 Å². The predicted octanol–water partition coefficient (Wildman–Crippen LogP) is 4.41. The molecule has 0 radical (unpaired) electrons. The zero-order valence-corrected chi connectivity index (χ0v) is 17.2. The van der Waals surface area contributed by atoms with Crippen LogP contribution in [0.15, 0.2) is 12.5 Å². The normalized spacial score (nSPS) is 12.1.